The average molecular weight is 317 g/mol. The number of ketones is 1. The SMILES string of the molecule is CC(=O)c1ccc(Br)c(C(F)(F)F)c1C(F)F. The van der Waals surface area contributed by atoms with Gasteiger partial charge in [-0.2, -0.15) is 13.2 Å². The van der Waals surface area contributed by atoms with Crippen molar-refractivity contribution >= 4 is 21.7 Å². The third-order valence-corrected chi connectivity index (χ3v) is 2.74. The molecule has 0 saturated heterocycles. The molecule has 0 fully saturated rings. The lowest BCUT2D eigenvalue weighted by Crippen LogP contribution is -2.14. The lowest BCUT2D eigenvalue weighted by molar-refractivity contribution is -0.140. The van der Waals surface area contributed by atoms with Crippen LogP contribution >= 0.6 is 15.9 Å². The van der Waals surface area contributed by atoms with E-state index in [1.54, 1.807) is 0 Å². The molecule has 1 aromatic carbocycles. The van der Waals surface area contributed by atoms with E-state index in [9.17, 15) is 26.7 Å². The second kappa shape index (κ2) is 4.72. The molecule has 0 N–H and O–H groups in total. The Bertz CT molecular complexity index is 453. The zero-order valence-corrected chi connectivity index (χ0v) is 9.99. The van der Waals surface area contributed by atoms with E-state index in [1.165, 1.54) is 0 Å². The molecule has 1 aromatic rings. The van der Waals surface area contributed by atoms with E-state index in [0.717, 1.165) is 19.1 Å². The van der Waals surface area contributed by atoms with Crippen LogP contribution in [0.5, 0.6) is 0 Å². The van der Waals surface area contributed by atoms with Gasteiger partial charge in [0.2, 0.25) is 0 Å². The quantitative estimate of drug-likeness (QED) is 0.575. The molecule has 1 nitrogen and oxygen atoms in total. The topological polar surface area (TPSA) is 17.1 Å². The first-order valence-corrected chi connectivity index (χ1v) is 5.14. The van der Waals surface area contributed by atoms with Gasteiger partial charge >= 0.3 is 6.18 Å². The monoisotopic (exact) mass is 316 g/mol. The molecule has 0 spiro atoms. The number of halogens is 6. The van der Waals surface area contributed by atoms with Crippen LogP contribution < -0.4 is 0 Å². The molecule has 94 valence electrons. The summed E-state index contributed by atoms with van der Waals surface area (Å²) >= 11 is 2.57. The molecule has 0 heterocycles. The standard InChI is InChI=1S/C10H6BrF5O/c1-4(17)5-2-3-6(11)8(10(14,15)16)7(5)9(12)13/h2-3,9H,1H3. The maximum Gasteiger partial charge on any atom is 0.417 e. The summed E-state index contributed by atoms with van der Waals surface area (Å²) in [6, 6.07) is 1.88. The van der Waals surface area contributed by atoms with E-state index in [2.05, 4.69) is 15.9 Å². The van der Waals surface area contributed by atoms with Crippen molar-refractivity contribution < 1.29 is 26.7 Å². The molecule has 0 aliphatic rings. The van der Waals surface area contributed by atoms with E-state index in [-0.39, 0.29) is 0 Å². The lowest BCUT2D eigenvalue weighted by atomic mass is 9.98. The van der Waals surface area contributed by atoms with Gasteiger partial charge in [-0.25, -0.2) is 8.78 Å². The molecule has 1 rings (SSSR count). The number of Topliss-reactive ketones (excluding diaryl/α,β-unsaturated/α-hetero) is 1. The summed E-state index contributed by atoms with van der Waals surface area (Å²) in [5.74, 6) is -0.835. The Balaban J connectivity index is 3.67. The summed E-state index contributed by atoms with van der Waals surface area (Å²) in [6.07, 6.45) is -8.32. The summed E-state index contributed by atoms with van der Waals surface area (Å²) in [6.45, 7) is 0.940. The molecule has 7 heteroatoms. The number of benzene rings is 1. The van der Waals surface area contributed by atoms with Gasteiger partial charge in [-0.3, -0.25) is 4.79 Å². The number of hydrogen-bond acceptors (Lipinski definition) is 1. The first-order chi connectivity index (χ1) is 7.66. The Morgan fingerprint density at radius 2 is 1.82 bits per heavy atom. The van der Waals surface area contributed by atoms with Gasteiger partial charge in [-0.05, 0) is 19.1 Å². The Morgan fingerprint density at radius 3 is 2.18 bits per heavy atom. The zero-order chi connectivity index (χ0) is 13.4. The molecular weight excluding hydrogens is 311 g/mol. The average Bonchev–Trinajstić information content (AvgIpc) is 2.14. The highest BCUT2D eigenvalue weighted by molar-refractivity contribution is 9.10. The first-order valence-electron chi connectivity index (χ1n) is 4.35. The van der Waals surface area contributed by atoms with Crippen LogP contribution in [0.3, 0.4) is 0 Å². The molecule has 0 aliphatic carbocycles. The highest BCUT2D eigenvalue weighted by Gasteiger charge is 2.39. The van der Waals surface area contributed by atoms with E-state index in [4.69, 9.17) is 0 Å². The van der Waals surface area contributed by atoms with Gasteiger partial charge in [0.25, 0.3) is 6.43 Å². The summed E-state index contributed by atoms with van der Waals surface area (Å²) in [5, 5.41) is 0. The Kier molecular flexibility index (Phi) is 3.91. The molecule has 0 atom stereocenters. The third-order valence-electron chi connectivity index (χ3n) is 2.08. The van der Waals surface area contributed by atoms with Crippen molar-refractivity contribution in [3.8, 4) is 0 Å². The predicted molar refractivity (Wildman–Crippen MR) is 54.1 cm³/mol. The lowest BCUT2D eigenvalue weighted by Gasteiger charge is -2.16. The third kappa shape index (κ3) is 2.83. The molecule has 0 aromatic heterocycles. The minimum Gasteiger partial charge on any atom is -0.294 e. The Hall–Kier alpha value is -0.980. The van der Waals surface area contributed by atoms with Crippen LogP contribution in [0, 0.1) is 0 Å². The molecule has 0 unspecified atom stereocenters. The number of alkyl halides is 5. The summed E-state index contributed by atoms with van der Waals surface area (Å²) in [7, 11) is 0. The van der Waals surface area contributed by atoms with Crippen molar-refractivity contribution in [2.75, 3.05) is 0 Å². The molecule has 17 heavy (non-hydrogen) atoms. The van der Waals surface area contributed by atoms with Crippen molar-refractivity contribution in [1.82, 2.24) is 0 Å². The fraction of sp³-hybridized carbons (Fsp3) is 0.300. The van der Waals surface area contributed by atoms with Crippen molar-refractivity contribution in [2.24, 2.45) is 0 Å². The molecule has 0 amide bonds. The van der Waals surface area contributed by atoms with Gasteiger partial charge in [-0.15, -0.1) is 0 Å². The highest BCUT2D eigenvalue weighted by Crippen LogP contribution is 2.42. The normalized spacial score (nSPS) is 12.0. The largest absolute Gasteiger partial charge is 0.417 e. The predicted octanol–water partition coefficient (Wildman–Crippen LogP) is 4.61. The number of carbonyl (C=O) groups excluding carboxylic acids is 1. The fourth-order valence-electron chi connectivity index (χ4n) is 1.41. The Labute approximate surface area is 102 Å². The molecule has 0 aliphatic heterocycles. The minimum atomic E-state index is -4.95. The van der Waals surface area contributed by atoms with E-state index < -0.39 is 39.5 Å². The smallest absolute Gasteiger partial charge is 0.294 e. The zero-order valence-electron chi connectivity index (χ0n) is 8.41. The van der Waals surface area contributed by atoms with Crippen LogP contribution in [0.25, 0.3) is 0 Å². The molecule has 0 bridgehead atoms. The van der Waals surface area contributed by atoms with Crippen LogP contribution in [0.15, 0.2) is 16.6 Å². The Morgan fingerprint density at radius 1 is 1.29 bits per heavy atom. The van der Waals surface area contributed by atoms with Crippen LogP contribution in [0.1, 0.15) is 34.8 Å². The molecule has 0 radical (unpaired) electrons. The number of carbonyl (C=O) groups is 1. The van der Waals surface area contributed by atoms with Crippen molar-refractivity contribution in [3.05, 3.63) is 33.3 Å². The number of hydrogen-bond donors (Lipinski definition) is 0. The van der Waals surface area contributed by atoms with E-state index >= 15 is 0 Å². The highest BCUT2D eigenvalue weighted by atomic mass is 79.9. The van der Waals surface area contributed by atoms with Gasteiger partial charge in [0.1, 0.15) is 0 Å². The second-order valence-electron chi connectivity index (χ2n) is 3.24. The van der Waals surface area contributed by atoms with E-state index in [0.29, 0.717) is 0 Å². The maximum absolute atomic E-state index is 12.7. The van der Waals surface area contributed by atoms with Crippen LogP contribution in [-0.4, -0.2) is 5.78 Å². The van der Waals surface area contributed by atoms with Crippen molar-refractivity contribution in [2.45, 2.75) is 19.5 Å². The molecule has 0 saturated carbocycles. The van der Waals surface area contributed by atoms with E-state index in [1.807, 2.05) is 0 Å². The van der Waals surface area contributed by atoms with Crippen LogP contribution in [0.4, 0.5) is 22.0 Å². The number of rotatable bonds is 2. The van der Waals surface area contributed by atoms with Gasteiger partial charge in [0.05, 0.1) is 5.56 Å². The summed E-state index contributed by atoms with van der Waals surface area (Å²) in [5.41, 5.74) is -3.39. The van der Waals surface area contributed by atoms with Crippen LogP contribution in [0.2, 0.25) is 0 Å². The maximum atomic E-state index is 12.7. The first kappa shape index (κ1) is 14.1. The summed E-state index contributed by atoms with van der Waals surface area (Å²) < 4.78 is 62.8. The van der Waals surface area contributed by atoms with Crippen molar-refractivity contribution in [1.29, 1.82) is 0 Å². The second-order valence-corrected chi connectivity index (χ2v) is 4.09. The van der Waals surface area contributed by atoms with Gasteiger partial charge in [-0.1, -0.05) is 15.9 Å². The fourth-order valence-corrected chi connectivity index (χ4v) is 1.99. The van der Waals surface area contributed by atoms with Gasteiger partial charge in [0, 0.05) is 15.6 Å². The molecular formula is C10H6BrF5O. The minimum absolute atomic E-state index is 0.509. The van der Waals surface area contributed by atoms with Gasteiger partial charge in [0.15, 0.2) is 5.78 Å². The van der Waals surface area contributed by atoms with Gasteiger partial charge < -0.3 is 0 Å². The summed E-state index contributed by atoms with van der Waals surface area (Å²) in [4.78, 5) is 11.0. The van der Waals surface area contributed by atoms with Crippen LogP contribution in [-0.2, 0) is 6.18 Å². The van der Waals surface area contributed by atoms with Crippen molar-refractivity contribution in [3.63, 3.8) is 0 Å².